The minimum atomic E-state index is 0.819. The Labute approximate surface area is 101 Å². The second-order valence-electron chi connectivity index (χ2n) is 5.36. The Bertz CT molecular complexity index is 572. The average Bonchev–Trinajstić information content (AvgIpc) is 2.47. The first-order chi connectivity index (χ1) is 7.53. The van der Waals surface area contributed by atoms with Crippen molar-refractivity contribution >= 4 is 22.4 Å². The quantitative estimate of drug-likeness (QED) is 0.609. The number of halogens is 1. The SMILES string of the molecule is C[N+]1(C)Cc2cc3ccc(Cl)cc3cc2C1. The Morgan fingerprint density at radius 3 is 2.25 bits per heavy atom. The molecule has 0 fully saturated rings. The molecule has 0 spiro atoms. The van der Waals surface area contributed by atoms with Crippen LogP contribution in [0.15, 0.2) is 30.3 Å². The molecule has 2 aromatic carbocycles. The third-order valence-corrected chi connectivity index (χ3v) is 3.55. The van der Waals surface area contributed by atoms with E-state index in [4.69, 9.17) is 11.6 Å². The van der Waals surface area contributed by atoms with Crippen molar-refractivity contribution in [2.75, 3.05) is 14.1 Å². The van der Waals surface area contributed by atoms with Gasteiger partial charge >= 0.3 is 0 Å². The molecule has 2 heteroatoms. The van der Waals surface area contributed by atoms with Gasteiger partial charge in [-0.1, -0.05) is 17.7 Å². The number of benzene rings is 2. The van der Waals surface area contributed by atoms with Crippen LogP contribution in [-0.4, -0.2) is 18.6 Å². The number of quaternary nitrogens is 1. The lowest BCUT2D eigenvalue weighted by Crippen LogP contribution is -2.32. The Hall–Kier alpha value is -1.05. The summed E-state index contributed by atoms with van der Waals surface area (Å²) in [5.41, 5.74) is 2.96. The molecule has 1 heterocycles. The van der Waals surface area contributed by atoms with Gasteiger partial charge in [-0.2, -0.15) is 0 Å². The highest BCUT2D eigenvalue weighted by Gasteiger charge is 2.27. The highest BCUT2D eigenvalue weighted by atomic mass is 35.5. The molecule has 0 N–H and O–H groups in total. The summed E-state index contributed by atoms with van der Waals surface area (Å²) in [5.74, 6) is 0. The molecule has 3 rings (SSSR count). The Kier molecular flexibility index (Phi) is 2.04. The van der Waals surface area contributed by atoms with E-state index in [2.05, 4.69) is 38.4 Å². The summed E-state index contributed by atoms with van der Waals surface area (Å²) in [6, 6.07) is 10.7. The lowest BCUT2D eigenvalue weighted by atomic mass is 10.0. The average molecular weight is 233 g/mol. The van der Waals surface area contributed by atoms with Gasteiger partial charge in [0.1, 0.15) is 13.1 Å². The minimum absolute atomic E-state index is 0.819. The molecule has 0 radical (unpaired) electrons. The van der Waals surface area contributed by atoms with Crippen molar-refractivity contribution in [1.82, 2.24) is 0 Å². The monoisotopic (exact) mass is 232 g/mol. The zero-order valence-corrected chi connectivity index (χ0v) is 10.4. The van der Waals surface area contributed by atoms with E-state index >= 15 is 0 Å². The van der Waals surface area contributed by atoms with E-state index < -0.39 is 0 Å². The largest absolute Gasteiger partial charge is 0.321 e. The smallest absolute Gasteiger partial charge is 0.105 e. The molecular formula is C14H15ClN+. The lowest BCUT2D eigenvalue weighted by Gasteiger charge is -2.22. The molecule has 0 atom stereocenters. The summed E-state index contributed by atoms with van der Waals surface area (Å²) < 4.78 is 1.05. The van der Waals surface area contributed by atoms with Crippen LogP contribution >= 0.6 is 11.6 Å². The van der Waals surface area contributed by atoms with Gasteiger partial charge in [0.05, 0.1) is 14.1 Å². The van der Waals surface area contributed by atoms with Gasteiger partial charge < -0.3 is 4.48 Å². The summed E-state index contributed by atoms with van der Waals surface area (Å²) in [7, 11) is 4.55. The number of nitrogens with zero attached hydrogens (tertiary/aromatic N) is 1. The summed E-state index contributed by atoms with van der Waals surface area (Å²) >= 11 is 6.02. The normalized spacial score (nSPS) is 17.7. The van der Waals surface area contributed by atoms with Crippen LogP contribution in [0, 0.1) is 0 Å². The van der Waals surface area contributed by atoms with Crippen LogP contribution in [0.25, 0.3) is 10.8 Å². The molecule has 0 amide bonds. The van der Waals surface area contributed by atoms with Crippen molar-refractivity contribution in [2.45, 2.75) is 13.1 Å². The molecule has 0 bridgehead atoms. The van der Waals surface area contributed by atoms with Crippen LogP contribution in [0.4, 0.5) is 0 Å². The number of hydrogen-bond donors (Lipinski definition) is 0. The van der Waals surface area contributed by atoms with Gasteiger partial charge in [-0.05, 0) is 35.0 Å². The maximum absolute atomic E-state index is 6.02. The van der Waals surface area contributed by atoms with Gasteiger partial charge in [0.2, 0.25) is 0 Å². The number of hydrogen-bond acceptors (Lipinski definition) is 0. The fraction of sp³-hybridized carbons (Fsp3) is 0.286. The van der Waals surface area contributed by atoms with Crippen molar-refractivity contribution < 1.29 is 4.48 Å². The van der Waals surface area contributed by atoms with E-state index in [0.717, 1.165) is 22.6 Å². The molecule has 1 aliphatic rings. The van der Waals surface area contributed by atoms with Crippen molar-refractivity contribution in [3.63, 3.8) is 0 Å². The van der Waals surface area contributed by atoms with Crippen molar-refractivity contribution in [3.8, 4) is 0 Å². The third kappa shape index (κ3) is 1.60. The van der Waals surface area contributed by atoms with Gasteiger partial charge in [-0.25, -0.2) is 0 Å². The van der Waals surface area contributed by atoms with E-state index in [1.54, 1.807) is 0 Å². The van der Waals surface area contributed by atoms with E-state index in [1.165, 1.54) is 21.9 Å². The van der Waals surface area contributed by atoms with Gasteiger partial charge in [-0.3, -0.25) is 0 Å². The van der Waals surface area contributed by atoms with E-state index in [0.29, 0.717) is 0 Å². The Balaban J connectivity index is 2.22. The van der Waals surface area contributed by atoms with Gasteiger partial charge in [0.15, 0.2) is 0 Å². The molecule has 0 saturated carbocycles. The van der Waals surface area contributed by atoms with E-state index in [1.807, 2.05) is 6.07 Å². The second-order valence-corrected chi connectivity index (χ2v) is 5.80. The predicted octanol–water partition coefficient (Wildman–Crippen LogP) is 3.58. The number of fused-ring (bicyclic) bond motifs is 2. The summed E-state index contributed by atoms with van der Waals surface area (Å²) in [5, 5.41) is 3.37. The molecule has 82 valence electrons. The van der Waals surface area contributed by atoms with Crippen LogP contribution in [0.3, 0.4) is 0 Å². The Morgan fingerprint density at radius 1 is 0.938 bits per heavy atom. The maximum Gasteiger partial charge on any atom is 0.105 e. The molecule has 0 saturated heterocycles. The molecule has 1 aliphatic heterocycles. The standard InChI is InChI=1S/C14H15ClN/c1-16(2)8-12-5-10-3-4-14(15)7-11(10)6-13(12)9-16/h3-7H,8-9H2,1-2H3/q+1. The van der Waals surface area contributed by atoms with Gasteiger partial charge in [0.25, 0.3) is 0 Å². The van der Waals surface area contributed by atoms with Crippen LogP contribution in [0.1, 0.15) is 11.1 Å². The van der Waals surface area contributed by atoms with Gasteiger partial charge in [0, 0.05) is 16.1 Å². The highest BCUT2D eigenvalue weighted by molar-refractivity contribution is 6.31. The predicted molar refractivity (Wildman–Crippen MR) is 68.5 cm³/mol. The topological polar surface area (TPSA) is 0 Å². The van der Waals surface area contributed by atoms with Crippen molar-refractivity contribution in [3.05, 3.63) is 46.5 Å². The zero-order valence-electron chi connectivity index (χ0n) is 9.63. The maximum atomic E-state index is 6.02. The number of rotatable bonds is 0. The minimum Gasteiger partial charge on any atom is -0.321 e. The second kappa shape index (κ2) is 3.22. The van der Waals surface area contributed by atoms with Gasteiger partial charge in [-0.15, -0.1) is 0 Å². The Morgan fingerprint density at radius 2 is 1.56 bits per heavy atom. The zero-order chi connectivity index (χ0) is 11.3. The lowest BCUT2D eigenvalue weighted by molar-refractivity contribution is -0.910. The fourth-order valence-electron chi connectivity index (χ4n) is 2.64. The first-order valence-electron chi connectivity index (χ1n) is 5.57. The molecule has 1 nitrogen and oxygen atoms in total. The first kappa shape index (κ1) is 10.1. The van der Waals surface area contributed by atoms with Crippen LogP contribution in [-0.2, 0) is 13.1 Å². The summed E-state index contributed by atoms with van der Waals surface area (Å²) in [6.07, 6.45) is 0. The molecule has 2 aromatic rings. The van der Waals surface area contributed by atoms with Crippen LogP contribution in [0.2, 0.25) is 5.02 Å². The van der Waals surface area contributed by atoms with Crippen LogP contribution in [0.5, 0.6) is 0 Å². The van der Waals surface area contributed by atoms with Crippen molar-refractivity contribution in [1.29, 1.82) is 0 Å². The first-order valence-corrected chi connectivity index (χ1v) is 5.94. The van der Waals surface area contributed by atoms with E-state index in [-0.39, 0.29) is 0 Å². The third-order valence-electron chi connectivity index (χ3n) is 3.32. The molecular weight excluding hydrogens is 218 g/mol. The molecule has 0 aliphatic carbocycles. The van der Waals surface area contributed by atoms with Crippen LogP contribution < -0.4 is 0 Å². The molecule has 0 aromatic heterocycles. The van der Waals surface area contributed by atoms with Crippen molar-refractivity contribution in [2.24, 2.45) is 0 Å². The molecule has 0 unspecified atom stereocenters. The molecule has 16 heavy (non-hydrogen) atoms. The van der Waals surface area contributed by atoms with E-state index in [9.17, 15) is 0 Å². The highest BCUT2D eigenvalue weighted by Crippen LogP contribution is 2.31. The summed E-state index contributed by atoms with van der Waals surface area (Å²) in [6.45, 7) is 2.26. The summed E-state index contributed by atoms with van der Waals surface area (Å²) in [4.78, 5) is 0. The fourth-order valence-corrected chi connectivity index (χ4v) is 2.82.